The van der Waals surface area contributed by atoms with Gasteiger partial charge in [-0.2, -0.15) is 8.78 Å². The lowest BCUT2D eigenvalue weighted by Crippen LogP contribution is -2.43. The molecule has 0 aromatic heterocycles. The van der Waals surface area contributed by atoms with Gasteiger partial charge >= 0.3 is 24.3 Å². The lowest BCUT2D eigenvalue weighted by molar-refractivity contribution is -0.123. The number of urea groups is 1. The Bertz CT molecular complexity index is 508. The second-order valence-corrected chi connectivity index (χ2v) is 3.72. The van der Waals surface area contributed by atoms with E-state index in [0.717, 1.165) is 0 Å². The van der Waals surface area contributed by atoms with E-state index in [1.807, 2.05) is 5.32 Å². The Morgan fingerprint density at radius 1 is 1.25 bits per heavy atom. The minimum atomic E-state index is -4.36. The van der Waals surface area contributed by atoms with Gasteiger partial charge in [0.05, 0.1) is 17.8 Å². The number of aromatic carboxylic acids is 1. The number of para-hydroxylation sites is 1. The number of carbonyl (C=O) groups excluding carboxylic acids is 1. The van der Waals surface area contributed by atoms with Crippen LogP contribution in [0.1, 0.15) is 10.4 Å². The molecule has 1 aromatic carbocycles. The highest BCUT2D eigenvalue weighted by Gasteiger charge is 2.40. The molecule has 0 saturated carbocycles. The van der Waals surface area contributed by atoms with Crippen molar-refractivity contribution >= 4 is 17.7 Å². The summed E-state index contributed by atoms with van der Waals surface area (Å²) in [6.07, 6.45) is -3.91. The number of carboxylic acids is 1. The number of alkyl halides is 4. The first-order chi connectivity index (χ1) is 9.24. The van der Waals surface area contributed by atoms with Crippen LogP contribution in [0, 0.1) is 0 Å². The molecule has 20 heavy (non-hydrogen) atoms. The van der Waals surface area contributed by atoms with Crippen molar-refractivity contribution in [2.45, 2.75) is 12.3 Å². The first-order valence-corrected chi connectivity index (χ1v) is 5.27. The van der Waals surface area contributed by atoms with Crippen molar-refractivity contribution in [3.05, 3.63) is 29.8 Å². The van der Waals surface area contributed by atoms with Crippen LogP contribution in [-0.2, 0) is 0 Å². The van der Waals surface area contributed by atoms with Gasteiger partial charge in [-0.3, -0.25) is 0 Å². The zero-order valence-electron chi connectivity index (χ0n) is 9.87. The van der Waals surface area contributed by atoms with E-state index in [1.54, 1.807) is 5.32 Å². The molecule has 0 atom stereocenters. The molecule has 0 aliphatic heterocycles. The molecule has 0 aliphatic rings. The molecule has 0 saturated heterocycles. The molecule has 0 radical (unpaired) electrons. The molecule has 9 heteroatoms. The van der Waals surface area contributed by atoms with Crippen molar-refractivity contribution < 1.29 is 32.3 Å². The van der Waals surface area contributed by atoms with Gasteiger partial charge < -0.3 is 15.7 Å². The SMILES string of the molecule is O=C(NCC(F)(F)C(F)F)Nc1ccccc1C(=O)O. The fourth-order valence-corrected chi connectivity index (χ4v) is 1.22. The summed E-state index contributed by atoms with van der Waals surface area (Å²) >= 11 is 0. The zero-order valence-corrected chi connectivity index (χ0v) is 9.87. The second kappa shape index (κ2) is 6.22. The van der Waals surface area contributed by atoms with E-state index < -0.39 is 30.9 Å². The Morgan fingerprint density at radius 3 is 2.40 bits per heavy atom. The van der Waals surface area contributed by atoms with E-state index in [4.69, 9.17) is 5.11 Å². The highest BCUT2D eigenvalue weighted by molar-refractivity contribution is 5.99. The van der Waals surface area contributed by atoms with Gasteiger partial charge in [-0.1, -0.05) is 12.1 Å². The summed E-state index contributed by atoms with van der Waals surface area (Å²) in [5.41, 5.74) is -0.402. The number of nitrogens with one attached hydrogen (secondary N) is 2. The Balaban J connectivity index is 2.66. The summed E-state index contributed by atoms with van der Waals surface area (Å²) in [6, 6.07) is 4.02. The van der Waals surface area contributed by atoms with Crippen molar-refractivity contribution in [3.8, 4) is 0 Å². The lowest BCUT2D eigenvalue weighted by atomic mass is 10.2. The zero-order chi connectivity index (χ0) is 15.3. The molecule has 0 heterocycles. The third-order valence-electron chi connectivity index (χ3n) is 2.21. The molecule has 5 nitrogen and oxygen atoms in total. The number of rotatable bonds is 5. The van der Waals surface area contributed by atoms with Gasteiger partial charge in [-0.15, -0.1) is 0 Å². The van der Waals surface area contributed by atoms with E-state index in [9.17, 15) is 27.2 Å². The Morgan fingerprint density at radius 2 is 1.85 bits per heavy atom. The van der Waals surface area contributed by atoms with Gasteiger partial charge in [0.2, 0.25) is 0 Å². The van der Waals surface area contributed by atoms with Crippen LogP contribution in [-0.4, -0.2) is 36.0 Å². The average molecular weight is 294 g/mol. The van der Waals surface area contributed by atoms with E-state index in [2.05, 4.69) is 0 Å². The van der Waals surface area contributed by atoms with Gasteiger partial charge in [-0.25, -0.2) is 18.4 Å². The van der Waals surface area contributed by atoms with Crippen molar-refractivity contribution in [3.63, 3.8) is 0 Å². The smallest absolute Gasteiger partial charge is 0.337 e. The van der Waals surface area contributed by atoms with Crippen molar-refractivity contribution in [1.82, 2.24) is 5.32 Å². The predicted molar refractivity (Wildman–Crippen MR) is 61.4 cm³/mol. The molecular weight excluding hydrogens is 284 g/mol. The van der Waals surface area contributed by atoms with Gasteiger partial charge in [-0.05, 0) is 12.1 Å². The second-order valence-electron chi connectivity index (χ2n) is 3.72. The first-order valence-electron chi connectivity index (χ1n) is 5.27. The number of amides is 2. The number of carboxylic acid groups (broad SMARTS) is 1. The molecule has 110 valence electrons. The number of benzene rings is 1. The Kier molecular flexibility index (Phi) is 4.89. The van der Waals surface area contributed by atoms with Crippen LogP contribution < -0.4 is 10.6 Å². The van der Waals surface area contributed by atoms with Crippen LogP contribution in [0.4, 0.5) is 28.0 Å². The van der Waals surface area contributed by atoms with Crippen LogP contribution in [0.25, 0.3) is 0 Å². The monoisotopic (exact) mass is 294 g/mol. The van der Waals surface area contributed by atoms with Crippen molar-refractivity contribution in [1.29, 1.82) is 0 Å². The first kappa shape index (κ1) is 15.7. The number of hydrogen-bond donors (Lipinski definition) is 3. The maximum Gasteiger partial charge on any atom is 0.337 e. The molecule has 2 amide bonds. The number of anilines is 1. The molecule has 0 aliphatic carbocycles. The van der Waals surface area contributed by atoms with Crippen molar-refractivity contribution in [2.75, 3.05) is 11.9 Å². The Labute approximate surface area is 110 Å². The maximum absolute atomic E-state index is 12.6. The summed E-state index contributed by atoms with van der Waals surface area (Å²) in [5.74, 6) is -5.69. The highest BCUT2D eigenvalue weighted by Crippen LogP contribution is 2.21. The van der Waals surface area contributed by atoms with Crippen LogP contribution >= 0.6 is 0 Å². The van der Waals surface area contributed by atoms with Gasteiger partial charge in [0.25, 0.3) is 0 Å². The number of carbonyl (C=O) groups is 2. The quantitative estimate of drug-likeness (QED) is 0.730. The van der Waals surface area contributed by atoms with Gasteiger partial charge in [0.1, 0.15) is 0 Å². The van der Waals surface area contributed by atoms with E-state index in [0.29, 0.717) is 0 Å². The Hall–Kier alpha value is -2.32. The van der Waals surface area contributed by atoms with E-state index in [-0.39, 0.29) is 11.3 Å². The lowest BCUT2D eigenvalue weighted by Gasteiger charge is -2.16. The summed E-state index contributed by atoms with van der Waals surface area (Å²) in [5, 5.41) is 12.4. The molecule has 0 spiro atoms. The summed E-state index contributed by atoms with van der Waals surface area (Å²) in [4.78, 5) is 22.1. The normalized spacial score (nSPS) is 11.2. The minimum absolute atomic E-state index is 0.141. The third kappa shape index (κ3) is 4.11. The molecule has 1 rings (SSSR count). The van der Waals surface area contributed by atoms with Crippen LogP contribution in [0.15, 0.2) is 24.3 Å². The minimum Gasteiger partial charge on any atom is -0.478 e. The number of hydrogen-bond acceptors (Lipinski definition) is 2. The molecule has 0 unspecified atom stereocenters. The highest BCUT2D eigenvalue weighted by atomic mass is 19.3. The topological polar surface area (TPSA) is 78.4 Å². The predicted octanol–water partition coefficient (Wildman–Crippen LogP) is 2.41. The molecule has 0 bridgehead atoms. The van der Waals surface area contributed by atoms with E-state index >= 15 is 0 Å². The largest absolute Gasteiger partial charge is 0.478 e. The fourth-order valence-electron chi connectivity index (χ4n) is 1.22. The van der Waals surface area contributed by atoms with Crippen LogP contribution in [0.3, 0.4) is 0 Å². The standard InChI is InChI=1S/C11H10F4N2O3/c12-9(13)11(14,15)5-16-10(20)17-7-4-2-1-3-6(7)8(18)19/h1-4,9H,5H2,(H,18,19)(H2,16,17,20). The molecule has 0 fully saturated rings. The van der Waals surface area contributed by atoms with Crippen molar-refractivity contribution in [2.24, 2.45) is 0 Å². The summed E-state index contributed by atoms with van der Waals surface area (Å²) in [7, 11) is 0. The molecule has 1 aromatic rings. The summed E-state index contributed by atoms with van der Waals surface area (Å²) in [6.45, 7) is -1.56. The van der Waals surface area contributed by atoms with Crippen LogP contribution in [0.2, 0.25) is 0 Å². The maximum atomic E-state index is 12.6. The van der Waals surface area contributed by atoms with Gasteiger partial charge in [0, 0.05) is 0 Å². The fraction of sp³-hybridized carbons (Fsp3) is 0.273. The van der Waals surface area contributed by atoms with Gasteiger partial charge in [0.15, 0.2) is 0 Å². The average Bonchev–Trinajstić information content (AvgIpc) is 2.36. The molecular formula is C11H10F4N2O3. The van der Waals surface area contributed by atoms with Crippen LogP contribution in [0.5, 0.6) is 0 Å². The third-order valence-corrected chi connectivity index (χ3v) is 2.21. The number of halogens is 4. The summed E-state index contributed by atoms with van der Waals surface area (Å²) < 4.78 is 48.9. The van der Waals surface area contributed by atoms with E-state index in [1.165, 1.54) is 24.3 Å². The molecule has 3 N–H and O–H groups in total.